The number of nitrogens with zero attached hydrogens (tertiary/aromatic N) is 1. The van der Waals surface area contributed by atoms with Crippen LogP contribution in [-0.2, 0) is 10.0 Å². The molecule has 0 saturated carbocycles. The van der Waals surface area contributed by atoms with E-state index < -0.39 is 15.9 Å². The highest BCUT2D eigenvalue weighted by Crippen LogP contribution is 2.09. The highest BCUT2D eigenvalue weighted by Gasteiger charge is 2.13. The molecule has 0 saturated heterocycles. The number of carbonyl (C=O) groups is 1. The maximum Gasteiger partial charge on any atom is 0.287 e. The van der Waals surface area contributed by atoms with Crippen LogP contribution in [-0.4, -0.2) is 27.4 Å². The summed E-state index contributed by atoms with van der Waals surface area (Å²) in [5.41, 5.74) is 0.379. The van der Waals surface area contributed by atoms with Crippen LogP contribution < -0.4 is 10.0 Å². The van der Waals surface area contributed by atoms with Gasteiger partial charge in [-0.2, -0.15) is 5.26 Å². The van der Waals surface area contributed by atoms with Gasteiger partial charge in [-0.1, -0.05) is 0 Å². The number of sulfonamides is 1. The van der Waals surface area contributed by atoms with Crippen LogP contribution in [0, 0.1) is 11.3 Å². The van der Waals surface area contributed by atoms with Gasteiger partial charge in [0.2, 0.25) is 10.0 Å². The van der Waals surface area contributed by atoms with E-state index in [1.54, 1.807) is 6.07 Å². The van der Waals surface area contributed by atoms with Crippen molar-refractivity contribution in [2.75, 3.05) is 13.1 Å². The molecule has 2 rings (SSSR count). The van der Waals surface area contributed by atoms with E-state index in [1.807, 2.05) is 6.07 Å². The highest BCUT2D eigenvalue weighted by atomic mass is 32.2. The average molecular weight is 319 g/mol. The molecule has 0 aliphatic heterocycles. The van der Waals surface area contributed by atoms with E-state index in [-0.39, 0.29) is 23.7 Å². The molecule has 0 fully saturated rings. The van der Waals surface area contributed by atoms with Gasteiger partial charge in [0.25, 0.3) is 5.91 Å². The molecule has 2 aromatic rings. The Morgan fingerprint density at radius 2 is 1.91 bits per heavy atom. The molecule has 0 atom stereocenters. The third-order valence-electron chi connectivity index (χ3n) is 2.74. The van der Waals surface area contributed by atoms with Crippen LogP contribution in [0.3, 0.4) is 0 Å². The normalized spacial score (nSPS) is 10.9. The molecule has 0 unspecified atom stereocenters. The van der Waals surface area contributed by atoms with E-state index in [9.17, 15) is 13.2 Å². The van der Waals surface area contributed by atoms with Gasteiger partial charge in [-0.15, -0.1) is 0 Å². The summed E-state index contributed by atoms with van der Waals surface area (Å²) >= 11 is 0. The Morgan fingerprint density at radius 3 is 2.50 bits per heavy atom. The number of hydrogen-bond acceptors (Lipinski definition) is 5. The molecule has 0 aliphatic carbocycles. The van der Waals surface area contributed by atoms with Gasteiger partial charge in [0, 0.05) is 13.1 Å². The number of furan rings is 1. The van der Waals surface area contributed by atoms with Crippen molar-refractivity contribution in [3.05, 3.63) is 54.0 Å². The molecular weight excluding hydrogens is 306 g/mol. The lowest BCUT2D eigenvalue weighted by molar-refractivity contribution is 0.0926. The van der Waals surface area contributed by atoms with E-state index in [1.165, 1.54) is 36.6 Å². The minimum atomic E-state index is -3.67. The number of benzene rings is 1. The minimum absolute atomic E-state index is 0.0365. The van der Waals surface area contributed by atoms with Crippen molar-refractivity contribution < 1.29 is 17.6 Å². The third kappa shape index (κ3) is 3.94. The Labute approximate surface area is 127 Å². The van der Waals surface area contributed by atoms with E-state index in [2.05, 4.69) is 10.0 Å². The van der Waals surface area contributed by atoms with Gasteiger partial charge >= 0.3 is 0 Å². The molecule has 1 heterocycles. The fourth-order valence-electron chi connectivity index (χ4n) is 1.65. The number of hydrogen-bond donors (Lipinski definition) is 2. The van der Waals surface area contributed by atoms with Crippen LogP contribution in [0.25, 0.3) is 0 Å². The van der Waals surface area contributed by atoms with E-state index in [0.717, 1.165) is 0 Å². The SMILES string of the molecule is N#Cc1ccc(S(=O)(=O)NCCNC(=O)c2ccco2)cc1. The second-order valence-corrected chi connectivity index (χ2v) is 6.03. The van der Waals surface area contributed by atoms with Crippen molar-refractivity contribution >= 4 is 15.9 Å². The van der Waals surface area contributed by atoms with E-state index >= 15 is 0 Å². The summed E-state index contributed by atoms with van der Waals surface area (Å²) in [5, 5.41) is 11.2. The molecular formula is C14H13N3O4S. The Morgan fingerprint density at radius 1 is 1.18 bits per heavy atom. The lowest BCUT2D eigenvalue weighted by Gasteiger charge is -2.07. The quantitative estimate of drug-likeness (QED) is 0.767. The summed E-state index contributed by atoms with van der Waals surface area (Å²) < 4.78 is 31.2. The molecule has 7 nitrogen and oxygen atoms in total. The maximum absolute atomic E-state index is 12.0. The van der Waals surface area contributed by atoms with E-state index in [0.29, 0.717) is 5.56 Å². The molecule has 0 radical (unpaired) electrons. The first kappa shape index (κ1) is 15.8. The predicted octanol–water partition coefficient (Wildman–Crippen LogP) is 0.860. The van der Waals surface area contributed by atoms with Gasteiger partial charge in [0.15, 0.2) is 5.76 Å². The molecule has 0 bridgehead atoms. The molecule has 22 heavy (non-hydrogen) atoms. The summed E-state index contributed by atoms with van der Waals surface area (Å²) in [5.74, 6) is -0.252. The van der Waals surface area contributed by atoms with Gasteiger partial charge in [0.05, 0.1) is 22.8 Å². The van der Waals surface area contributed by atoms with Crippen molar-refractivity contribution in [3.8, 4) is 6.07 Å². The number of amides is 1. The number of carbonyl (C=O) groups excluding carboxylic acids is 1. The molecule has 114 valence electrons. The summed E-state index contributed by atoms with van der Waals surface area (Å²) in [6.45, 7) is 0.157. The molecule has 0 spiro atoms. The van der Waals surface area contributed by atoms with Gasteiger partial charge in [-0.3, -0.25) is 4.79 Å². The Kier molecular flexibility index (Phi) is 4.93. The van der Waals surface area contributed by atoms with Gasteiger partial charge in [0.1, 0.15) is 0 Å². The highest BCUT2D eigenvalue weighted by molar-refractivity contribution is 7.89. The van der Waals surface area contributed by atoms with Crippen molar-refractivity contribution in [3.63, 3.8) is 0 Å². The first-order valence-corrected chi connectivity index (χ1v) is 7.83. The molecule has 8 heteroatoms. The molecule has 2 N–H and O–H groups in total. The molecule has 1 aromatic carbocycles. The zero-order chi connectivity index (χ0) is 16.0. The summed E-state index contributed by atoms with van der Waals surface area (Å²) in [6.07, 6.45) is 1.38. The van der Waals surface area contributed by atoms with Crippen molar-refractivity contribution in [2.24, 2.45) is 0 Å². The minimum Gasteiger partial charge on any atom is -0.459 e. The Hall–Kier alpha value is -2.63. The smallest absolute Gasteiger partial charge is 0.287 e. The zero-order valence-corrected chi connectivity index (χ0v) is 12.3. The van der Waals surface area contributed by atoms with Crippen molar-refractivity contribution in [1.29, 1.82) is 5.26 Å². The summed E-state index contributed by atoms with van der Waals surface area (Å²) in [6, 6.07) is 10.6. The first-order chi connectivity index (χ1) is 10.5. The van der Waals surface area contributed by atoms with Crippen LogP contribution in [0.5, 0.6) is 0 Å². The maximum atomic E-state index is 12.0. The lowest BCUT2D eigenvalue weighted by Crippen LogP contribution is -2.34. The topological polar surface area (TPSA) is 112 Å². The molecule has 1 aromatic heterocycles. The van der Waals surface area contributed by atoms with Gasteiger partial charge in [-0.05, 0) is 36.4 Å². The monoisotopic (exact) mass is 319 g/mol. The second kappa shape index (κ2) is 6.89. The van der Waals surface area contributed by atoms with Crippen LogP contribution in [0.4, 0.5) is 0 Å². The predicted molar refractivity (Wildman–Crippen MR) is 77.4 cm³/mol. The van der Waals surface area contributed by atoms with Gasteiger partial charge in [-0.25, -0.2) is 13.1 Å². The van der Waals surface area contributed by atoms with Crippen LogP contribution in [0.1, 0.15) is 16.1 Å². The third-order valence-corrected chi connectivity index (χ3v) is 4.22. The first-order valence-electron chi connectivity index (χ1n) is 6.34. The average Bonchev–Trinajstić information content (AvgIpc) is 3.06. The van der Waals surface area contributed by atoms with Crippen molar-refractivity contribution in [2.45, 2.75) is 4.90 Å². The number of rotatable bonds is 6. The molecule has 0 aliphatic rings. The summed E-state index contributed by atoms with van der Waals surface area (Å²) in [7, 11) is -3.67. The zero-order valence-electron chi connectivity index (χ0n) is 11.4. The fourth-order valence-corrected chi connectivity index (χ4v) is 2.68. The summed E-state index contributed by atoms with van der Waals surface area (Å²) in [4.78, 5) is 11.6. The standard InChI is InChI=1S/C14H13N3O4S/c15-10-11-3-5-12(6-4-11)22(19,20)17-8-7-16-14(18)13-2-1-9-21-13/h1-6,9,17H,7-8H2,(H,16,18). The second-order valence-electron chi connectivity index (χ2n) is 4.27. The largest absolute Gasteiger partial charge is 0.459 e. The van der Waals surface area contributed by atoms with E-state index in [4.69, 9.17) is 9.68 Å². The molecule has 1 amide bonds. The fraction of sp³-hybridized carbons (Fsp3) is 0.143. The van der Waals surface area contributed by atoms with Crippen LogP contribution in [0.2, 0.25) is 0 Å². The van der Waals surface area contributed by atoms with Crippen LogP contribution in [0.15, 0.2) is 52.0 Å². The number of nitrogens with one attached hydrogen (secondary N) is 2. The Bertz CT molecular complexity index is 774. The number of nitriles is 1. The van der Waals surface area contributed by atoms with Gasteiger partial charge < -0.3 is 9.73 Å². The Balaban J connectivity index is 1.85. The lowest BCUT2D eigenvalue weighted by atomic mass is 10.2. The van der Waals surface area contributed by atoms with Crippen molar-refractivity contribution in [1.82, 2.24) is 10.0 Å². The van der Waals surface area contributed by atoms with Crippen LogP contribution >= 0.6 is 0 Å².